The van der Waals surface area contributed by atoms with E-state index >= 15 is 0 Å². The number of unbranched alkanes of at least 4 members (excludes halogenated alkanes) is 1. The van der Waals surface area contributed by atoms with Gasteiger partial charge in [-0.2, -0.15) is 0 Å². The van der Waals surface area contributed by atoms with Crippen LogP contribution in [0.5, 0.6) is 5.75 Å². The Hall–Kier alpha value is -2.00. The van der Waals surface area contributed by atoms with Crippen molar-refractivity contribution in [3.63, 3.8) is 0 Å². The fraction of sp³-hybridized carbons (Fsp3) is 0.350. The molecule has 0 aromatic heterocycles. The minimum atomic E-state index is -0.553. The molecule has 4 heteroatoms. The number of nitrogens with one attached hydrogen (secondary N) is 1. The first-order valence-electron chi connectivity index (χ1n) is 8.44. The third-order valence-corrected chi connectivity index (χ3v) is 4.01. The molecule has 2 aromatic rings. The Labute approximate surface area is 149 Å². The average molecular weight is 346 g/mol. The lowest BCUT2D eigenvalue weighted by Gasteiger charge is -2.17. The van der Waals surface area contributed by atoms with Crippen LogP contribution in [0, 0.1) is 0 Å². The van der Waals surface area contributed by atoms with Gasteiger partial charge in [-0.15, -0.1) is 0 Å². The lowest BCUT2D eigenvalue weighted by Crippen LogP contribution is -2.32. The summed E-state index contributed by atoms with van der Waals surface area (Å²) in [6, 6.07) is 15.1. The molecule has 1 unspecified atom stereocenters. The van der Waals surface area contributed by atoms with E-state index in [0.29, 0.717) is 17.2 Å². The SMILES string of the molecule is CCCCc1ccc(NC(=O)C(CC)Oc2cccc(Cl)c2)cc1. The highest BCUT2D eigenvalue weighted by atomic mass is 35.5. The predicted octanol–water partition coefficient (Wildman–Crippen LogP) is 5.48. The van der Waals surface area contributed by atoms with Crippen LogP contribution in [0.1, 0.15) is 38.7 Å². The van der Waals surface area contributed by atoms with Gasteiger partial charge in [-0.25, -0.2) is 0 Å². The quantitative estimate of drug-likeness (QED) is 0.688. The number of ether oxygens (including phenoxy) is 1. The molecule has 0 radical (unpaired) electrons. The van der Waals surface area contributed by atoms with Gasteiger partial charge in [-0.1, -0.05) is 50.1 Å². The van der Waals surface area contributed by atoms with E-state index in [2.05, 4.69) is 24.4 Å². The highest BCUT2D eigenvalue weighted by molar-refractivity contribution is 6.30. The van der Waals surface area contributed by atoms with E-state index in [0.717, 1.165) is 12.1 Å². The summed E-state index contributed by atoms with van der Waals surface area (Å²) >= 11 is 5.95. The monoisotopic (exact) mass is 345 g/mol. The lowest BCUT2D eigenvalue weighted by molar-refractivity contribution is -0.122. The number of hydrogen-bond acceptors (Lipinski definition) is 2. The zero-order valence-corrected chi connectivity index (χ0v) is 15.0. The minimum absolute atomic E-state index is 0.154. The van der Waals surface area contributed by atoms with Crippen LogP contribution in [0.15, 0.2) is 48.5 Å². The van der Waals surface area contributed by atoms with Crippen molar-refractivity contribution in [1.29, 1.82) is 0 Å². The Kier molecular flexibility index (Phi) is 7.13. The molecule has 0 saturated heterocycles. The van der Waals surface area contributed by atoms with Crippen LogP contribution in [0.3, 0.4) is 0 Å². The molecule has 2 rings (SSSR count). The van der Waals surface area contributed by atoms with Crippen LogP contribution in [0.25, 0.3) is 0 Å². The lowest BCUT2D eigenvalue weighted by atomic mass is 10.1. The summed E-state index contributed by atoms with van der Waals surface area (Å²) in [6.07, 6.45) is 3.45. The van der Waals surface area contributed by atoms with Gasteiger partial charge >= 0.3 is 0 Å². The summed E-state index contributed by atoms with van der Waals surface area (Å²) in [5, 5.41) is 3.50. The molecular weight excluding hydrogens is 322 g/mol. The number of hydrogen-bond donors (Lipinski definition) is 1. The Morgan fingerprint density at radius 2 is 1.92 bits per heavy atom. The highest BCUT2D eigenvalue weighted by Crippen LogP contribution is 2.20. The fourth-order valence-corrected chi connectivity index (χ4v) is 2.57. The summed E-state index contributed by atoms with van der Waals surface area (Å²) < 4.78 is 5.76. The van der Waals surface area contributed by atoms with Gasteiger partial charge in [0.25, 0.3) is 5.91 Å². The first kappa shape index (κ1) is 18.3. The molecule has 3 nitrogen and oxygen atoms in total. The summed E-state index contributed by atoms with van der Waals surface area (Å²) in [5.41, 5.74) is 2.07. The number of carbonyl (C=O) groups is 1. The number of carbonyl (C=O) groups excluding carboxylic acids is 1. The van der Waals surface area contributed by atoms with E-state index < -0.39 is 6.10 Å². The third kappa shape index (κ3) is 5.57. The number of amides is 1. The van der Waals surface area contributed by atoms with Crippen LogP contribution in [-0.4, -0.2) is 12.0 Å². The zero-order chi connectivity index (χ0) is 17.4. The zero-order valence-electron chi connectivity index (χ0n) is 14.2. The molecule has 0 aliphatic carbocycles. The highest BCUT2D eigenvalue weighted by Gasteiger charge is 2.18. The molecule has 128 valence electrons. The maximum absolute atomic E-state index is 12.4. The molecule has 1 atom stereocenters. The van der Waals surface area contributed by atoms with Crippen LogP contribution < -0.4 is 10.1 Å². The van der Waals surface area contributed by atoms with Crippen molar-refractivity contribution in [2.75, 3.05) is 5.32 Å². The van der Waals surface area contributed by atoms with Crippen LogP contribution >= 0.6 is 11.6 Å². The van der Waals surface area contributed by atoms with Gasteiger partial charge < -0.3 is 10.1 Å². The van der Waals surface area contributed by atoms with Gasteiger partial charge in [0.1, 0.15) is 5.75 Å². The van der Waals surface area contributed by atoms with Crippen molar-refractivity contribution in [2.24, 2.45) is 0 Å². The van der Waals surface area contributed by atoms with Crippen LogP contribution in [0.4, 0.5) is 5.69 Å². The van der Waals surface area contributed by atoms with Gasteiger partial charge in [0, 0.05) is 10.7 Å². The second kappa shape index (κ2) is 9.33. The third-order valence-electron chi connectivity index (χ3n) is 3.78. The van der Waals surface area contributed by atoms with Crippen molar-refractivity contribution in [2.45, 2.75) is 45.6 Å². The van der Waals surface area contributed by atoms with Crippen molar-refractivity contribution < 1.29 is 9.53 Å². The number of benzene rings is 2. The van der Waals surface area contributed by atoms with Crippen LogP contribution in [-0.2, 0) is 11.2 Å². The Bertz CT molecular complexity index is 655. The normalized spacial score (nSPS) is 11.8. The van der Waals surface area contributed by atoms with Crippen molar-refractivity contribution >= 4 is 23.2 Å². The van der Waals surface area contributed by atoms with Crippen molar-refractivity contribution in [1.82, 2.24) is 0 Å². The predicted molar refractivity (Wildman–Crippen MR) is 99.8 cm³/mol. The van der Waals surface area contributed by atoms with Gasteiger partial charge in [0.15, 0.2) is 6.10 Å². The van der Waals surface area contributed by atoms with E-state index in [4.69, 9.17) is 16.3 Å². The molecule has 0 saturated carbocycles. The average Bonchev–Trinajstić information content (AvgIpc) is 2.59. The number of rotatable bonds is 8. The fourth-order valence-electron chi connectivity index (χ4n) is 2.39. The minimum Gasteiger partial charge on any atom is -0.481 e. The molecule has 0 aliphatic rings. The summed E-state index contributed by atoms with van der Waals surface area (Å²) in [5.74, 6) is 0.443. The van der Waals surface area contributed by atoms with Crippen molar-refractivity contribution in [3.05, 3.63) is 59.1 Å². The smallest absolute Gasteiger partial charge is 0.265 e. The van der Waals surface area contributed by atoms with Gasteiger partial charge in [-0.3, -0.25) is 4.79 Å². The second-order valence-corrected chi connectivity index (χ2v) is 6.20. The number of anilines is 1. The molecule has 0 bridgehead atoms. The van der Waals surface area contributed by atoms with Gasteiger partial charge in [0.05, 0.1) is 0 Å². The standard InChI is InChI=1S/C20H24ClNO2/c1-3-5-7-15-10-12-17(13-11-15)22-20(23)19(4-2)24-18-9-6-8-16(21)14-18/h6,8-14,19H,3-5,7H2,1-2H3,(H,22,23). The van der Waals surface area contributed by atoms with E-state index in [1.807, 2.05) is 19.1 Å². The molecule has 1 N–H and O–H groups in total. The summed E-state index contributed by atoms with van der Waals surface area (Å²) in [4.78, 5) is 12.4. The molecule has 0 spiro atoms. The molecule has 0 fully saturated rings. The Morgan fingerprint density at radius 1 is 1.17 bits per heavy atom. The van der Waals surface area contributed by atoms with E-state index in [1.54, 1.807) is 24.3 Å². The molecule has 0 heterocycles. The maximum atomic E-state index is 12.4. The topological polar surface area (TPSA) is 38.3 Å². The number of aryl methyl sites for hydroxylation is 1. The summed E-state index contributed by atoms with van der Waals surface area (Å²) in [6.45, 7) is 4.10. The first-order chi connectivity index (χ1) is 11.6. The summed E-state index contributed by atoms with van der Waals surface area (Å²) in [7, 11) is 0. The van der Waals surface area contributed by atoms with Gasteiger partial charge in [0.2, 0.25) is 0 Å². The van der Waals surface area contributed by atoms with Gasteiger partial charge in [-0.05, 0) is 55.2 Å². The molecule has 1 amide bonds. The van der Waals surface area contributed by atoms with Crippen LogP contribution in [0.2, 0.25) is 5.02 Å². The van der Waals surface area contributed by atoms with Crippen molar-refractivity contribution in [3.8, 4) is 5.75 Å². The van der Waals surface area contributed by atoms with E-state index in [-0.39, 0.29) is 5.91 Å². The van der Waals surface area contributed by atoms with E-state index in [1.165, 1.54) is 18.4 Å². The Morgan fingerprint density at radius 3 is 2.54 bits per heavy atom. The van der Waals surface area contributed by atoms with E-state index in [9.17, 15) is 4.79 Å². The first-order valence-corrected chi connectivity index (χ1v) is 8.82. The molecular formula is C20H24ClNO2. The maximum Gasteiger partial charge on any atom is 0.265 e. The number of halogens is 1. The second-order valence-electron chi connectivity index (χ2n) is 5.76. The molecule has 2 aromatic carbocycles. The Balaban J connectivity index is 1.96. The molecule has 0 aliphatic heterocycles. The largest absolute Gasteiger partial charge is 0.481 e. The molecule has 24 heavy (non-hydrogen) atoms.